The summed E-state index contributed by atoms with van der Waals surface area (Å²) in [5.41, 5.74) is 0.861. The highest BCUT2D eigenvalue weighted by Crippen LogP contribution is 2.29. The van der Waals surface area contributed by atoms with Gasteiger partial charge in [0, 0.05) is 13.2 Å². The van der Waals surface area contributed by atoms with Crippen molar-refractivity contribution in [1.82, 2.24) is 9.59 Å². The van der Waals surface area contributed by atoms with Crippen LogP contribution in [-0.4, -0.2) is 27.9 Å². The number of hydrogen-bond donors (Lipinski definition) is 1. The van der Waals surface area contributed by atoms with Gasteiger partial charge in [0.25, 0.3) is 0 Å². The van der Waals surface area contributed by atoms with Crippen molar-refractivity contribution in [3.8, 4) is 0 Å². The zero-order valence-electron chi connectivity index (χ0n) is 8.85. The fourth-order valence-electron chi connectivity index (χ4n) is 1.95. The zero-order valence-corrected chi connectivity index (χ0v) is 9.66. The molecule has 1 unspecified atom stereocenters. The molecular weight excluding hydrogens is 212 g/mol. The van der Waals surface area contributed by atoms with Crippen LogP contribution in [0.2, 0.25) is 0 Å². The highest BCUT2D eigenvalue weighted by atomic mass is 32.1. The normalized spacial score (nSPS) is 20.4. The minimum Gasteiger partial charge on any atom is -0.387 e. The lowest BCUT2D eigenvalue weighted by Crippen LogP contribution is -2.18. The Kier molecular flexibility index (Phi) is 3.66. The molecule has 0 aliphatic carbocycles. The third kappa shape index (κ3) is 2.74. The first kappa shape index (κ1) is 11.0. The van der Waals surface area contributed by atoms with Crippen LogP contribution >= 0.6 is 11.5 Å². The van der Waals surface area contributed by atoms with Gasteiger partial charge in [-0.25, -0.2) is 0 Å². The summed E-state index contributed by atoms with van der Waals surface area (Å²) >= 11 is 1.30. The maximum Gasteiger partial charge on any atom is 0.0919 e. The standard InChI is InChI=1S/C10H16N2O2S/c1-7-10(15-12-11-7)9(13)6-8-2-4-14-5-3-8/h8-9,13H,2-6H2,1H3. The number of aliphatic hydroxyl groups is 1. The fourth-order valence-corrected chi connectivity index (χ4v) is 2.59. The Balaban J connectivity index is 1.91. The predicted molar refractivity (Wildman–Crippen MR) is 57.8 cm³/mol. The number of aromatic nitrogens is 2. The summed E-state index contributed by atoms with van der Waals surface area (Å²) < 4.78 is 9.13. The Hall–Kier alpha value is -0.520. The molecule has 84 valence electrons. The van der Waals surface area contributed by atoms with E-state index in [1.54, 1.807) is 0 Å². The predicted octanol–water partition coefficient (Wildman–Crippen LogP) is 1.70. The Labute approximate surface area is 93.4 Å². The molecule has 1 atom stereocenters. The van der Waals surface area contributed by atoms with Crippen molar-refractivity contribution in [3.05, 3.63) is 10.6 Å². The first-order chi connectivity index (χ1) is 7.27. The first-order valence-corrected chi connectivity index (χ1v) is 6.09. The molecule has 1 aliphatic rings. The number of ether oxygens (including phenoxy) is 1. The van der Waals surface area contributed by atoms with E-state index in [4.69, 9.17) is 4.74 Å². The summed E-state index contributed by atoms with van der Waals surface area (Å²) in [6.45, 7) is 3.56. The number of aryl methyl sites for hydroxylation is 1. The van der Waals surface area contributed by atoms with Gasteiger partial charge in [0.1, 0.15) is 0 Å². The van der Waals surface area contributed by atoms with Gasteiger partial charge in [-0.05, 0) is 43.6 Å². The van der Waals surface area contributed by atoms with Crippen LogP contribution in [0.4, 0.5) is 0 Å². The average molecular weight is 228 g/mol. The van der Waals surface area contributed by atoms with E-state index in [0.717, 1.165) is 43.0 Å². The molecule has 15 heavy (non-hydrogen) atoms. The van der Waals surface area contributed by atoms with Crippen LogP contribution in [0.1, 0.15) is 35.9 Å². The third-order valence-electron chi connectivity index (χ3n) is 2.89. The molecule has 1 aliphatic heterocycles. The third-order valence-corrected chi connectivity index (χ3v) is 3.81. The number of nitrogens with zero attached hydrogens (tertiary/aromatic N) is 2. The van der Waals surface area contributed by atoms with Gasteiger partial charge in [0.2, 0.25) is 0 Å². The molecule has 0 amide bonds. The van der Waals surface area contributed by atoms with E-state index in [-0.39, 0.29) is 0 Å². The molecule has 5 heteroatoms. The van der Waals surface area contributed by atoms with E-state index in [1.165, 1.54) is 11.5 Å². The minimum absolute atomic E-state index is 0.395. The monoisotopic (exact) mass is 228 g/mol. The van der Waals surface area contributed by atoms with E-state index >= 15 is 0 Å². The summed E-state index contributed by atoms with van der Waals surface area (Å²) in [5, 5.41) is 13.9. The van der Waals surface area contributed by atoms with Gasteiger partial charge in [-0.1, -0.05) is 4.49 Å². The molecule has 1 N–H and O–H groups in total. The second-order valence-electron chi connectivity index (χ2n) is 4.03. The van der Waals surface area contributed by atoms with Gasteiger partial charge in [0.05, 0.1) is 16.7 Å². The molecule has 1 aromatic heterocycles. The second-order valence-corrected chi connectivity index (χ2v) is 4.82. The van der Waals surface area contributed by atoms with Gasteiger partial charge in [-0.3, -0.25) is 0 Å². The van der Waals surface area contributed by atoms with Crippen molar-refractivity contribution in [3.63, 3.8) is 0 Å². The van der Waals surface area contributed by atoms with Crippen LogP contribution < -0.4 is 0 Å². The topological polar surface area (TPSA) is 55.2 Å². The Morgan fingerprint density at radius 2 is 2.27 bits per heavy atom. The lowest BCUT2D eigenvalue weighted by atomic mass is 9.93. The smallest absolute Gasteiger partial charge is 0.0919 e. The Morgan fingerprint density at radius 3 is 2.87 bits per heavy atom. The van der Waals surface area contributed by atoms with Crippen molar-refractivity contribution in [1.29, 1.82) is 0 Å². The first-order valence-electron chi connectivity index (χ1n) is 5.32. The summed E-state index contributed by atoms with van der Waals surface area (Å²) in [6, 6.07) is 0. The molecule has 1 aromatic rings. The minimum atomic E-state index is -0.395. The molecule has 4 nitrogen and oxygen atoms in total. The Morgan fingerprint density at radius 1 is 1.53 bits per heavy atom. The van der Waals surface area contributed by atoms with E-state index in [0.29, 0.717) is 5.92 Å². The maximum atomic E-state index is 10.0. The second kappa shape index (κ2) is 5.01. The summed E-state index contributed by atoms with van der Waals surface area (Å²) in [5.74, 6) is 0.579. The van der Waals surface area contributed by atoms with Crippen molar-refractivity contribution in [2.45, 2.75) is 32.3 Å². The molecule has 0 saturated carbocycles. The Bertz CT molecular complexity index is 310. The molecule has 0 spiro atoms. The van der Waals surface area contributed by atoms with Crippen molar-refractivity contribution < 1.29 is 9.84 Å². The van der Waals surface area contributed by atoms with Crippen LogP contribution in [0, 0.1) is 12.8 Å². The maximum absolute atomic E-state index is 10.0. The number of rotatable bonds is 3. The van der Waals surface area contributed by atoms with Crippen LogP contribution in [-0.2, 0) is 4.74 Å². The van der Waals surface area contributed by atoms with Crippen LogP contribution in [0.3, 0.4) is 0 Å². The fraction of sp³-hybridized carbons (Fsp3) is 0.800. The lowest BCUT2D eigenvalue weighted by molar-refractivity contribution is 0.0440. The van der Waals surface area contributed by atoms with E-state index < -0.39 is 6.10 Å². The average Bonchev–Trinajstić information content (AvgIpc) is 2.66. The van der Waals surface area contributed by atoms with Gasteiger partial charge in [-0.2, -0.15) is 0 Å². The van der Waals surface area contributed by atoms with Gasteiger partial charge in [0.15, 0.2) is 0 Å². The molecule has 1 fully saturated rings. The largest absolute Gasteiger partial charge is 0.387 e. The van der Waals surface area contributed by atoms with Crippen LogP contribution in [0.15, 0.2) is 0 Å². The number of aliphatic hydroxyl groups excluding tert-OH is 1. The molecule has 0 bridgehead atoms. The zero-order chi connectivity index (χ0) is 10.7. The summed E-state index contributed by atoms with van der Waals surface area (Å²) in [7, 11) is 0. The van der Waals surface area contributed by atoms with Crippen molar-refractivity contribution in [2.75, 3.05) is 13.2 Å². The molecule has 0 radical (unpaired) electrons. The van der Waals surface area contributed by atoms with E-state index in [9.17, 15) is 5.11 Å². The quantitative estimate of drug-likeness (QED) is 0.855. The van der Waals surface area contributed by atoms with Crippen molar-refractivity contribution in [2.24, 2.45) is 5.92 Å². The SMILES string of the molecule is Cc1nnsc1C(O)CC1CCOCC1. The molecule has 0 aromatic carbocycles. The molecule has 2 heterocycles. The highest BCUT2D eigenvalue weighted by Gasteiger charge is 2.21. The molecule has 2 rings (SSSR count). The van der Waals surface area contributed by atoms with E-state index in [2.05, 4.69) is 9.59 Å². The van der Waals surface area contributed by atoms with Gasteiger partial charge in [-0.15, -0.1) is 5.10 Å². The lowest BCUT2D eigenvalue weighted by Gasteiger charge is -2.23. The van der Waals surface area contributed by atoms with Gasteiger partial charge < -0.3 is 9.84 Å². The number of hydrogen-bond acceptors (Lipinski definition) is 5. The molecule has 1 saturated heterocycles. The highest BCUT2D eigenvalue weighted by molar-refractivity contribution is 7.05. The summed E-state index contributed by atoms with van der Waals surface area (Å²) in [4.78, 5) is 0.918. The van der Waals surface area contributed by atoms with Gasteiger partial charge >= 0.3 is 0 Å². The van der Waals surface area contributed by atoms with E-state index in [1.807, 2.05) is 6.92 Å². The van der Waals surface area contributed by atoms with Crippen LogP contribution in [0.5, 0.6) is 0 Å². The molecular formula is C10H16N2O2S. The summed E-state index contributed by atoms with van der Waals surface area (Å²) in [6.07, 6.45) is 2.53. The van der Waals surface area contributed by atoms with Crippen molar-refractivity contribution >= 4 is 11.5 Å². The van der Waals surface area contributed by atoms with Crippen LogP contribution in [0.25, 0.3) is 0 Å².